The van der Waals surface area contributed by atoms with Gasteiger partial charge in [-0.05, 0) is 24.4 Å². The van der Waals surface area contributed by atoms with E-state index in [1.54, 1.807) is 14.0 Å². The van der Waals surface area contributed by atoms with E-state index in [4.69, 9.17) is 4.74 Å². The third kappa shape index (κ3) is 3.92. The minimum absolute atomic E-state index is 0.0167. The Labute approximate surface area is 183 Å². The zero-order valence-electron chi connectivity index (χ0n) is 16.4. The number of hydrogen-bond donors (Lipinski definition) is 2. The summed E-state index contributed by atoms with van der Waals surface area (Å²) in [4.78, 5) is 44.6. The van der Waals surface area contributed by atoms with Crippen LogP contribution in [0.1, 0.15) is 29.2 Å². The van der Waals surface area contributed by atoms with E-state index in [0.717, 1.165) is 16.5 Å². The van der Waals surface area contributed by atoms with E-state index in [0.29, 0.717) is 15.9 Å². The van der Waals surface area contributed by atoms with Gasteiger partial charge in [0.1, 0.15) is 4.83 Å². The predicted octanol–water partition coefficient (Wildman–Crippen LogP) is 4.58. The van der Waals surface area contributed by atoms with Crippen molar-refractivity contribution in [3.63, 3.8) is 0 Å². The molecule has 158 valence electrons. The number of aromatic amines is 1. The highest BCUT2D eigenvalue weighted by atomic mass is 32.1. The van der Waals surface area contributed by atoms with E-state index in [-0.39, 0.29) is 22.6 Å². The van der Waals surface area contributed by atoms with Crippen LogP contribution >= 0.6 is 22.7 Å². The Bertz CT molecular complexity index is 1340. The summed E-state index contributed by atoms with van der Waals surface area (Å²) >= 11 is 2.86. The van der Waals surface area contributed by atoms with Gasteiger partial charge in [-0.25, -0.2) is 9.78 Å². The average molecular weight is 457 g/mol. The minimum Gasteiger partial charge on any atom is -0.451 e. The summed E-state index contributed by atoms with van der Waals surface area (Å²) in [5.74, 6) is -0.574. The van der Waals surface area contributed by atoms with Gasteiger partial charge in [0.05, 0.1) is 15.9 Å². The maximum atomic E-state index is 12.7. The summed E-state index contributed by atoms with van der Waals surface area (Å²) < 4.78 is 5.46. The van der Waals surface area contributed by atoms with Crippen molar-refractivity contribution in [3.8, 4) is 10.4 Å². The number of nitro groups is 1. The number of fused-ring (bicyclic) bond motifs is 1. The number of rotatable bonds is 6. The first-order chi connectivity index (χ1) is 14.9. The van der Waals surface area contributed by atoms with Crippen LogP contribution < -0.4 is 10.9 Å². The van der Waals surface area contributed by atoms with Crippen LogP contribution in [-0.4, -0.2) is 27.9 Å². The van der Waals surface area contributed by atoms with E-state index < -0.39 is 17.0 Å². The Kier molecular flexibility index (Phi) is 5.53. The fraction of sp³-hybridized carbons (Fsp3) is 0.150. The van der Waals surface area contributed by atoms with Gasteiger partial charge in [-0.2, -0.15) is 0 Å². The molecule has 0 unspecified atom stereocenters. The molecular formula is C20H16N4O5S2. The van der Waals surface area contributed by atoms with Gasteiger partial charge in [-0.15, -0.1) is 22.7 Å². The number of aromatic nitrogens is 2. The molecule has 1 aromatic carbocycles. The number of non-ortho nitro benzene ring substituents is 1. The Balaban J connectivity index is 1.64. The number of thiophene rings is 2. The number of carbonyl (C=O) groups is 1. The zero-order chi connectivity index (χ0) is 22.1. The van der Waals surface area contributed by atoms with Crippen LogP contribution in [0.5, 0.6) is 0 Å². The Morgan fingerprint density at radius 2 is 2.13 bits per heavy atom. The molecule has 0 aliphatic rings. The predicted molar refractivity (Wildman–Crippen MR) is 120 cm³/mol. The Morgan fingerprint density at radius 3 is 2.81 bits per heavy atom. The lowest BCUT2D eigenvalue weighted by Crippen LogP contribution is -2.17. The van der Waals surface area contributed by atoms with Crippen LogP contribution in [0.4, 0.5) is 11.4 Å². The minimum atomic E-state index is -0.874. The zero-order valence-corrected chi connectivity index (χ0v) is 18.0. The van der Waals surface area contributed by atoms with E-state index >= 15 is 0 Å². The third-order valence-corrected chi connectivity index (χ3v) is 6.40. The molecule has 0 aliphatic carbocycles. The largest absolute Gasteiger partial charge is 0.451 e. The molecule has 11 heteroatoms. The first kappa shape index (κ1) is 20.7. The summed E-state index contributed by atoms with van der Waals surface area (Å²) in [6.07, 6.45) is -0.874. The third-order valence-electron chi connectivity index (χ3n) is 4.62. The van der Waals surface area contributed by atoms with Gasteiger partial charge >= 0.3 is 5.97 Å². The van der Waals surface area contributed by atoms with Crippen LogP contribution in [0, 0.1) is 10.1 Å². The number of H-pyrrole nitrogens is 1. The lowest BCUT2D eigenvalue weighted by molar-refractivity contribution is -0.384. The van der Waals surface area contributed by atoms with E-state index in [1.807, 2.05) is 22.9 Å². The fourth-order valence-electron chi connectivity index (χ4n) is 3.08. The second-order valence-corrected chi connectivity index (χ2v) is 8.35. The molecule has 0 aliphatic heterocycles. The lowest BCUT2D eigenvalue weighted by Gasteiger charge is -2.14. The summed E-state index contributed by atoms with van der Waals surface area (Å²) in [5, 5.41) is 18.2. The first-order valence-electron chi connectivity index (χ1n) is 9.11. The molecule has 1 atom stereocenters. The molecule has 0 bridgehead atoms. The van der Waals surface area contributed by atoms with Crippen LogP contribution in [0.3, 0.4) is 0 Å². The van der Waals surface area contributed by atoms with E-state index in [9.17, 15) is 19.7 Å². The number of nitro benzene ring substituents is 1. The van der Waals surface area contributed by atoms with Gasteiger partial charge in [0.25, 0.3) is 11.2 Å². The number of hydrogen-bond acceptors (Lipinski definition) is 9. The van der Waals surface area contributed by atoms with Gasteiger partial charge in [0.2, 0.25) is 0 Å². The SMILES string of the molecule is CNc1ccc([N+](=O)[O-])cc1C(=O)O[C@@H](C)c1nc2scc(-c3cccs3)c2c(=O)[nH]1. The summed E-state index contributed by atoms with van der Waals surface area (Å²) in [6.45, 7) is 1.58. The van der Waals surface area contributed by atoms with Gasteiger partial charge in [-0.1, -0.05) is 6.07 Å². The number of esters is 1. The van der Waals surface area contributed by atoms with E-state index in [1.165, 1.54) is 34.8 Å². The quantitative estimate of drug-likeness (QED) is 0.247. The highest BCUT2D eigenvalue weighted by molar-refractivity contribution is 7.18. The number of ether oxygens (including phenoxy) is 1. The fourth-order valence-corrected chi connectivity index (χ4v) is 4.85. The topological polar surface area (TPSA) is 127 Å². The number of anilines is 1. The van der Waals surface area contributed by atoms with Crippen LogP contribution in [0.2, 0.25) is 0 Å². The highest BCUT2D eigenvalue weighted by Gasteiger charge is 2.22. The second kappa shape index (κ2) is 8.28. The molecule has 4 rings (SSSR count). The first-order valence-corrected chi connectivity index (χ1v) is 10.9. The lowest BCUT2D eigenvalue weighted by atomic mass is 10.1. The molecular weight excluding hydrogens is 440 g/mol. The molecule has 0 spiro atoms. The van der Waals surface area contributed by atoms with Crippen LogP contribution in [0.25, 0.3) is 20.7 Å². The number of nitrogens with zero attached hydrogens (tertiary/aromatic N) is 2. The van der Waals surface area contributed by atoms with Crippen molar-refractivity contribution in [2.75, 3.05) is 12.4 Å². The molecule has 0 saturated heterocycles. The second-order valence-electron chi connectivity index (χ2n) is 6.54. The monoisotopic (exact) mass is 456 g/mol. The Morgan fingerprint density at radius 1 is 1.32 bits per heavy atom. The molecule has 0 radical (unpaired) electrons. The maximum absolute atomic E-state index is 12.7. The molecule has 9 nitrogen and oxygen atoms in total. The van der Waals surface area contributed by atoms with Crippen molar-refractivity contribution in [1.82, 2.24) is 9.97 Å². The molecule has 3 heterocycles. The summed E-state index contributed by atoms with van der Waals surface area (Å²) in [7, 11) is 1.59. The van der Waals surface area contributed by atoms with Gasteiger partial charge in [0.15, 0.2) is 11.9 Å². The van der Waals surface area contributed by atoms with Crippen LogP contribution in [0.15, 0.2) is 45.9 Å². The average Bonchev–Trinajstić information content (AvgIpc) is 3.42. The molecule has 31 heavy (non-hydrogen) atoms. The molecule has 0 fully saturated rings. The number of nitrogens with one attached hydrogen (secondary N) is 2. The standard InChI is InChI=1S/C20H16N4O5S2/c1-10(29-20(26)12-8-11(24(27)28)5-6-14(12)21-2)17-22-18(25)16-13(9-31-19(16)23-17)15-4-3-7-30-15/h3-10,21H,1-2H3,(H,22,23,25)/t10-/m0/s1. The van der Waals surface area contributed by atoms with E-state index in [2.05, 4.69) is 15.3 Å². The molecule has 2 N–H and O–H groups in total. The summed E-state index contributed by atoms with van der Waals surface area (Å²) in [5.41, 5.74) is 0.668. The van der Waals surface area contributed by atoms with Crippen LogP contribution in [-0.2, 0) is 4.74 Å². The van der Waals surface area contributed by atoms with Crippen molar-refractivity contribution < 1.29 is 14.5 Å². The van der Waals surface area contributed by atoms with Crippen molar-refractivity contribution in [3.05, 3.63) is 72.9 Å². The van der Waals surface area contributed by atoms with Crippen molar-refractivity contribution in [2.24, 2.45) is 0 Å². The van der Waals surface area contributed by atoms with Gasteiger partial charge < -0.3 is 15.0 Å². The smallest absolute Gasteiger partial charge is 0.341 e. The molecule has 3 aromatic heterocycles. The highest BCUT2D eigenvalue weighted by Crippen LogP contribution is 2.34. The van der Waals surface area contributed by atoms with Gasteiger partial charge in [0, 0.05) is 40.7 Å². The number of carbonyl (C=O) groups excluding carboxylic acids is 1. The van der Waals surface area contributed by atoms with Crippen molar-refractivity contribution in [2.45, 2.75) is 13.0 Å². The molecule has 0 amide bonds. The number of benzene rings is 1. The van der Waals surface area contributed by atoms with Gasteiger partial charge in [-0.3, -0.25) is 14.9 Å². The van der Waals surface area contributed by atoms with Crippen molar-refractivity contribution >= 4 is 50.2 Å². The maximum Gasteiger partial charge on any atom is 0.341 e. The normalized spacial score (nSPS) is 11.9. The summed E-state index contributed by atoms with van der Waals surface area (Å²) in [6, 6.07) is 7.72. The Hall–Kier alpha value is -3.57. The molecule has 4 aromatic rings. The van der Waals surface area contributed by atoms with Crippen molar-refractivity contribution in [1.29, 1.82) is 0 Å². The molecule has 0 saturated carbocycles.